The molecule has 1 aliphatic heterocycles. The smallest absolute Gasteiger partial charge is 0.277 e. The molecule has 0 unspecified atom stereocenters. The normalized spacial score (nSPS) is 14.2. The molecule has 0 fully saturated rings. The number of nitrogens with zero attached hydrogens (tertiary/aromatic N) is 5. The highest BCUT2D eigenvalue weighted by Crippen LogP contribution is 2.30. The van der Waals surface area contributed by atoms with Crippen molar-refractivity contribution in [1.82, 2.24) is 24.6 Å². The molecule has 2 N–H and O–H groups in total. The molecule has 0 aliphatic carbocycles. The summed E-state index contributed by atoms with van der Waals surface area (Å²) in [6.07, 6.45) is 2.79. The summed E-state index contributed by atoms with van der Waals surface area (Å²) in [5, 5.41) is 8.86. The van der Waals surface area contributed by atoms with Crippen molar-refractivity contribution in [3.8, 4) is 0 Å². The summed E-state index contributed by atoms with van der Waals surface area (Å²) in [5.41, 5.74) is 3.29. The Morgan fingerprint density at radius 1 is 1.19 bits per heavy atom. The third-order valence-corrected chi connectivity index (χ3v) is 6.68. The molecule has 1 aromatic carbocycles. The van der Waals surface area contributed by atoms with Gasteiger partial charge in [0.25, 0.3) is 5.91 Å². The fraction of sp³-hybridized carbons (Fsp3) is 0.238. The van der Waals surface area contributed by atoms with Gasteiger partial charge in [-0.25, -0.2) is 9.97 Å². The average Bonchev–Trinajstić information content (AvgIpc) is 3.31. The molecule has 4 aromatic rings. The van der Waals surface area contributed by atoms with Gasteiger partial charge in [-0.05, 0) is 49.9 Å². The van der Waals surface area contributed by atoms with E-state index in [0.717, 1.165) is 52.7 Å². The predicted octanol–water partition coefficient (Wildman–Crippen LogP) is 4.09. The summed E-state index contributed by atoms with van der Waals surface area (Å²) < 4.78 is 6.22. The van der Waals surface area contributed by atoms with Gasteiger partial charge >= 0.3 is 0 Å². The van der Waals surface area contributed by atoms with Gasteiger partial charge in [-0.3, -0.25) is 14.8 Å². The van der Waals surface area contributed by atoms with Crippen molar-refractivity contribution in [2.45, 2.75) is 24.5 Å². The van der Waals surface area contributed by atoms with E-state index in [9.17, 15) is 4.79 Å². The van der Waals surface area contributed by atoms with Crippen LogP contribution in [0.2, 0.25) is 0 Å². The molecule has 0 radical (unpaired) electrons. The first-order valence-electron chi connectivity index (χ1n) is 9.95. The van der Waals surface area contributed by atoms with Crippen molar-refractivity contribution in [2.75, 3.05) is 23.6 Å². The Morgan fingerprint density at radius 2 is 2.13 bits per heavy atom. The predicted molar refractivity (Wildman–Crippen MR) is 124 cm³/mol. The summed E-state index contributed by atoms with van der Waals surface area (Å²) in [7, 11) is 2.08. The van der Waals surface area contributed by atoms with Crippen LogP contribution in [0.4, 0.5) is 10.8 Å². The maximum Gasteiger partial charge on any atom is 0.277 e. The maximum atomic E-state index is 12.7. The fourth-order valence-corrected chi connectivity index (χ4v) is 4.96. The number of carbonyl (C=O) groups is 1. The van der Waals surface area contributed by atoms with E-state index in [2.05, 4.69) is 37.1 Å². The minimum Gasteiger partial charge on any atom is -0.324 e. The summed E-state index contributed by atoms with van der Waals surface area (Å²) in [6, 6.07) is 13.6. The van der Waals surface area contributed by atoms with E-state index < -0.39 is 0 Å². The van der Waals surface area contributed by atoms with Crippen LogP contribution < -0.4 is 10.0 Å². The molecule has 1 aliphatic rings. The number of benzene rings is 1. The van der Waals surface area contributed by atoms with Crippen molar-refractivity contribution in [3.63, 3.8) is 0 Å². The van der Waals surface area contributed by atoms with Crippen LogP contribution >= 0.6 is 23.3 Å². The number of hydrogen-bond donors (Lipinski definition) is 2. The lowest BCUT2D eigenvalue weighted by atomic mass is 10.3. The Balaban J connectivity index is 1.28. The topological polar surface area (TPSA) is 88.0 Å². The van der Waals surface area contributed by atoms with E-state index in [-0.39, 0.29) is 5.91 Å². The molecular formula is C21H21N7OS2. The zero-order valence-corrected chi connectivity index (χ0v) is 18.5. The van der Waals surface area contributed by atoms with E-state index in [4.69, 9.17) is 0 Å². The largest absolute Gasteiger partial charge is 0.324 e. The van der Waals surface area contributed by atoms with E-state index in [1.807, 2.05) is 47.1 Å². The number of pyridine rings is 1. The third-order valence-electron chi connectivity index (χ3n) is 4.96. The number of nitrogens with one attached hydrogen (secondary N) is 2. The number of rotatable bonds is 5. The Labute approximate surface area is 187 Å². The molecule has 31 heavy (non-hydrogen) atoms. The lowest BCUT2D eigenvalue weighted by Gasteiger charge is -2.10. The van der Waals surface area contributed by atoms with Crippen LogP contribution in [-0.2, 0) is 13.1 Å². The number of aromatic nitrogens is 4. The van der Waals surface area contributed by atoms with Gasteiger partial charge in [-0.15, -0.1) is 0 Å². The Kier molecular flexibility index (Phi) is 5.58. The highest BCUT2D eigenvalue weighted by Gasteiger charge is 2.19. The zero-order valence-electron chi connectivity index (χ0n) is 16.9. The fourth-order valence-electron chi connectivity index (χ4n) is 3.45. The van der Waals surface area contributed by atoms with Crippen LogP contribution in [0.15, 0.2) is 53.7 Å². The number of hydrogen-bond acceptors (Lipinski definition) is 8. The van der Waals surface area contributed by atoms with E-state index in [1.54, 1.807) is 6.20 Å². The van der Waals surface area contributed by atoms with Gasteiger partial charge in [-0.1, -0.05) is 17.4 Å². The highest BCUT2D eigenvalue weighted by molar-refractivity contribution is 8.00. The Morgan fingerprint density at radius 3 is 3.00 bits per heavy atom. The van der Waals surface area contributed by atoms with Gasteiger partial charge in [0.05, 0.1) is 15.9 Å². The van der Waals surface area contributed by atoms with Gasteiger partial charge in [0.2, 0.25) is 0 Å². The maximum absolute atomic E-state index is 12.7. The number of carbonyl (C=O) groups excluding carboxylic acids is 1. The second-order valence-corrected chi connectivity index (χ2v) is 9.22. The van der Waals surface area contributed by atoms with Gasteiger partial charge in [0.15, 0.2) is 10.8 Å². The third kappa shape index (κ3) is 4.55. The molecule has 158 valence electrons. The molecule has 10 heteroatoms. The number of amides is 1. The van der Waals surface area contributed by atoms with Crippen molar-refractivity contribution < 1.29 is 4.79 Å². The highest BCUT2D eigenvalue weighted by atomic mass is 32.2. The van der Waals surface area contributed by atoms with Gasteiger partial charge in [0.1, 0.15) is 5.03 Å². The standard InChI is InChI=1S/C21H21N7OS2/c1-27-9-4-10-28-15(13-27)12-17(25-28)20(29)24-21-23-16-7-6-14(11-18(16)30-21)26-31-19-5-2-3-8-22-19/h2-3,5-8,11-12,26H,4,9-10,13H2,1H3,(H,23,24,29). The quantitative estimate of drug-likeness (QED) is 0.442. The molecule has 3 aromatic heterocycles. The number of thiazole rings is 1. The molecule has 0 saturated carbocycles. The van der Waals surface area contributed by atoms with Gasteiger partial charge in [-0.2, -0.15) is 5.10 Å². The van der Waals surface area contributed by atoms with Crippen LogP contribution in [0.3, 0.4) is 0 Å². The van der Waals surface area contributed by atoms with E-state index in [0.29, 0.717) is 10.8 Å². The van der Waals surface area contributed by atoms with Gasteiger partial charge in [0, 0.05) is 43.5 Å². The molecular weight excluding hydrogens is 430 g/mol. The molecule has 0 bridgehead atoms. The molecule has 8 nitrogen and oxygen atoms in total. The van der Waals surface area contributed by atoms with Crippen molar-refractivity contribution in [3.05, 3.63) is 60.0 Å². The number of anilines is 2. The van der Waals surface area contributed by atoms with Crippen LogP contribution in [0.1, 0.15) is 22.6 Å². The first kappa shape index (κ1) is 20.0. The Hall–Kier alpha value is -2.95. The van der Waals surface area contributed by atoms with Crippen LogP contribution in [0, 0.1) is 0 Å². The second kappa shape index (κ2) is 8.66. The van der Waals surface area contributed by atoms with E-state index >= 15 is 0 Å². The van der Waals surface area contributed by atoms with Crippen LogP contribution in [-0.4, -0.2) is 44.1 Å². The molecule has 0 spiro atoms. The first-order chi connectivity index (χ1) is 15.1. The van der Waals surface area contributed by atoms with Crippen molar-refractivity contribution in [1.29, 1.82) is 0 Å². The number of fused-ring (bicyclic) bond motifs is 2. The molecule has 5 rings (SSSR count). The molecule has 0 saturated heterocycles. The SMILES string of the molecule is CN1CCCn2nc(C(=O)Nc3nc4ccc(NSc5ccccn5)cc4s3)cc2C1. The summed E-state index contributed by atoms with van der Waals surface area (Å²) in [5.74, 6) is -0.230. The van der Waals surface area contributed by atoms with Crippen molar-refractivity contribution in [2.24, 2.45) is 0 Å². The Bertz CT molecular complexity index is 1220. The molecule has 0 atom stereocenters. The number of aryl methyl sites for hydroxylation is 1. The van der Waals surface area contributed by atoms with Crippen LogP contribution in [0.5, 0.6) is 0 Å². The van der Waals surface area contributed by atoms with E-state index in [1.165, 1.54) is 23.3 Å². The lowest BCUT2D eigenvalue weighted by Crippen LogP contribution is -2.17. The first-order valence-corrected chi connectivity index (χ1v) is 11.6. The minimum atomic E-state index is -0.230. The summed E-state index contributed by atoms with van der Waals surface area (Å²) in [4.78, 5) is 23.8. The lowest BCUT2D eigenvalue weighted by molar-refractivity contribution is 0.102. The summed E-state index contributed by atoms with van der Waals surface area (Å²) >= 11 is 2.89. The van der Waals surface area contributed by atoms with Crippen LogP contribution in [0.25, 0.3) is 10.2 Å². The van der Waals surface area contributed by atoms with Crippen molar-refractivity contribution >= 4 is 50.2 Å². The molecule has 1 amide bonds. The minimum absolute atomic E-state index is 0.230. The zero-order chi connectivity index (χ0) is 21.2. The molecule has 4 heterocycles. The average molecular weight is 452 g/mol. The second-order valence-electron chi connectivity index (χ2n) is 7.36. The monoisotopic (exact) mass is 451 g/mol. The van der Waals surface area contributed by atoms with Gasteiger partial charge < -0.3 is 9.62 Å². The summed E-state index contributed by atoms with van der Waals surface area (Å²) in [6.45, 7) is 2.67.